The van der Waals surface area contributed by atoms with Crippen LogP contribution < -0.4 is 29.6 Å². The Bertz CT molecular complexity index is 1110. The number of anilines is 1. The zero-order valence-electron chi connectivity index (χ0n) is 20.8. The van der Waals surface area contributed by atoms with Gasteiger partial charge in [0, 0.05) is 17.7 Å². The fourth-order valence-corrected chi connectivity index (χ4v) is 3.42. The molecule has 0 aliphatic carbocycles. The maximum absolute atomic E-state index is 12.4. The van der Waals surface area contributed by atoms with Crippen LogP contribution in [0, 0.1) is 5.92 Å². The fourth-order valence-electron chi connectivity index (χ4n) is 3.42. The SMILES string of the molecule is CCC(C)CNC(=O)Nc1cc(-c2conc2-c2cc(OC)c(OC)c(OC)c2)ccc1OC.Cl. The Labute approximate surface area is 211 Å². The molecule has 0 spiro atoms. The Balaban J connectivity index is 0.00000432. The highest BCUT2D eigenvalue weighted by atomic mass is 35.5. The summed E-state index contributed by atoms with van der Waals surface area (Å²) < 4.78 is 27.1. The number of carbonyl (C=O) groups is 1. The molecular formula is C25H32ClN3O6. The van der Waals surface area contributed by atoms with E-state index in [1.807, 2.05) is 12.1 Å². The molecule has 2 amide bonds. The number of halogens is 1. The van der Waals surface area contributed by atoms with Gasteiger partial charge in [-0.25, -0.2) is 4.79 Å². The van der Waals surface area contributed by atoms with E-state index in [4.69, 9.17) is 23.5 Å². The second-order valence-electron chi connectivity index (χ2n) is 7.75. The summed E-state index contributed by atoms with van der Waals surface area (Å²) in [7, 11) is 6.21. The number of nitrogens with one attached hydrogen (secondary N) is 2. The molecule has 3 rings (SSSR count). The number of nitrogens with zero attached hydrogens (tertiary/aromatic N) is 1. The average Bonchev–Trinajstić information content (AvgIpc) is 3.36. The molecule has 0 saturated carbocycles. The molecule has 1 aromatic heterocycles. The van der Waals surface area contributed by atoms with Crippen molar-refractivity contribution < 1.29 is 28.3 Å². The molecule has 1 atom stereocenters. The Kier molecular flexibility index (Phi) is 10.1. The summed E-state index contributed by atoms with van der Waals surface area (Å²) in [6.07, 6.45) is 2.53. The van der Waals surface area contributed by atoms with E-state index in [1.54, 1.807) is 52.9 Å². The lowest BCUT2D eigenvalue weighted by Gasteiger charge is -2.15. The number of methoxy groups -OCH3 is 4. The Hall–Kier alpha value is -3.59. The van der Waals surface area contributed by atoms with Crippen molar-refractivity contribution in [1.29, 1.82) is 0 Å². The van der Waals surface area contributed by atoms with Gasteiger partial charge in [0.1, 0.15) is 17.7 Å². The molecule has 0 bridgehead atoms. The van der Waals surface area contributed by atoms with E-state index in [-0.39, 0.29) is 18.4 Å². The first-order valence-electron chi connectivity index (χ1n) is 10.9. The van der Waals surface area contributed by atoms with Crippen LogP contribution in [-0.4, -0.2) is 46.2 Å². The molecule has 0 aliphatic heterocycles. The standard InChI is InChI=1S/C25H31N3O6.ClH/c1-7-15(2)13-26-25(29)27-19-10-16(8-9-20(19)30-3)18-14-34-28-23(18)17-11-21(31-4)24(33-6)22(12-17)32-5;/h8-12,14-15H,7,13H2,1-6H3,(H2,26,27,29);1H. The van der Waals surface area contributed by atoms with Gasteiger partial charge in [-0.2, -0.15) is 0 Å². The molecule has 1 heterocycles. The highest BCUT2D eigenvalue weighted by Gasteiger charge is 2.20. The van der Waals surface area contributed by atoms with Crippen LogP contribution in [0.5, 0.6) is 23.0 Å². The minimum atomic E-state index is -0.300. The van der Waals surface area contributed by atoms with Crippen molar-refractivity contribution >= 4 is 24.1 Å². The van der Waals surface area contributed by atoms with Crippen molar-refractivity contribution in [1.82, 2.24) is 10.5 Å². The zero-order valence-corrected chi connectivity index (χ0v) is 21.6. The number of hydrogen-bond acceptors (Lipinski definition) is 7. The number of benzene rings is 2. The lowest BCUT2D eigenvalue weighted by molar-refractivity contribution is 0.250. The highest BCUT2D eigenvalue weighted by Crippen LogP contribution is 2.43. The largest absolute Gasteiger partial charge is 0.495 e. The highest BCUT2D eigenvalue weighted by molar-refractivity contribution is 5.93. The lowest BCUT2D eigenvalue weighted by Crippen LogP contribution is -2.32. The van der Waals surface area contributed by atoms with Gasteiger partial charge in [-0.1, -0.05) is 31.5 Å². The average molecular weight is 506 g/mol. The van der Waals surface area contributed by atoms with Crippen molar-refractivity contribution in [2.24, 2.45) is 5.92 Å². The van der Waals surface area contributed by atoms with Crippen molar-refractivity contribution in [2.45, 2.75) is 20.3 Å². The summed E-state index contributed by atoms with van der Waals surface area (Å²) in [6, 6.07) is 8.77. The number of carbonyl (C=O) groups excluding carboxylic acids is 1. The molecular weight excluding hydrogens is 474 g/mol. The Morgan fingerprint density at radius 3 is 2.20 bits per heavy atom. The van der Waals surface area contributed by atoms with Crippen LogP contribution in [0.15, 0.2) is 41.1 Å². The molecule has 0 aliphatic rings. The number of urea groups is 1. The van der Waals surface area contributed by atoms with E-state index in [1.165, 1.54) is 0 Å². The topological polar surface area (TPSA) is 104 Å². The van der Waals surface area contributed by atoms with Gasteiger partial charge < -0.3 is 34.1 Å². The summed E-state index contributed by atoms with van der Waals surface area (Å²) in [6.45, 7) is 4.75. The third kappa shape index (κ3) is 6.30. The lowest BCUT2D eigenvalue weighted by atomic mass is 10.0. The summed E-state index contributed by atoms with van der Waals surface area (Å²) in [5.74, 6) is 2.41. The van der Waals surface area contributed by atoms with E-state index in [2.05, 4.69) is 29.6 Å². The van der Waals surface area contributed by atoms with Crippen LogP contribution in [0.25, 0.3) is 22.4 Å². The number of ether oxygens (including phenoxy) is 4. The molecule has 10 heteroatoms. The predicted molar refractivity (Wildman–Crippen MR) is 137 cm³/mol. The van der Waals surface area contributed by atoms with Crippen molar-refractivity contribution in [3.05, 3.63) is 36.6 Å². The van der Waals surface area contributed by atoms with E-state index in [0.717, 1.165) is 23.1 Å². The third-order valence-corrected chi connectivity index (χ3v) is 5.57. The smallest absolute Gasteiger partial charge is 0.319 e. The van der Waals surface area contributed by atoms with Gasteiger partial charge in [0.15, 0.2) is 11.5 Å². The number of amides is 2. The molecule has 2 aromatic carbocycles. The summed E-state index contributed by atoms with van der Waals surface area (Å²) >= 11 is 0. The van der Waals surface area contributed by atoms with Crippen LogP contribution in [0.4, 0.5) is 10.5 Å². The van der Waals surface area contributed by atoms with Crippen LogP contribution >= 0.6 is 12.4 Å². The quantitative estimate of drug-likeness (QED) is 0.368. The normalized spacial score (nSPS) is 11.1. The van der Waals surface area contributed by atoms with Gasteiger partial charge in [-0.15, -0.1) is 12.4 Å². The molecule has 0 fully saturated rings. The van der Waals surface area contributed by atoms with Crippen molar-refractivity contribution in [2.75, 3.05) is 40.3 Å². The summed E-state index contributed by atoms with van der Waals surface area (Å²) in [4.78, 5) is 12.4. The molecule has 190 valence electrons. The zero-order chi connectivity index (χ0) is 24.7. The second kappa shape index (κ2) is 12.8. The number of aromatic nitrogens is 1. The maximum Gasteiger partial charge on any atom is 0.319 e. The van der Waals surface area contributed by atoms with Gasteiger partial charge in [0.2, 0.25) is 5.75 Å². The van der Waals surface area contributed by atoms with Gasteiger partial charge in [0.25, 0.3) is 0 Å². The van der Waals surface area contributed by atoms with E-state index < -0.39 is 0 Å². The molecule has 3 aromatic rings. The summed E-state index contributed by atoms with van der Waals surface area (Å²) in [5.41, 5.74) is 3.33. The van der Waals surface area contributed by atoms with Crippen LogP contribution in [0.2, 0.25) is 0 Å². The van der Waals surface area contributed by atoms with Crippen LogP contribution in [-0.2, 0) is 0 Å². The van der Waals surface area contributed by atoms with E-state index in [9.17, 15) is 4.79 Å². The Morgan fingerprint density at radius 1 is 0.971 bits per heavy atom. The molecule has 2 N–H and O–H groups in total. The van der Waals surface area contributed by atoms with E-state index in [0.29, 0.717) is 46.8 Å². The monoisotopic (exact) mass is 505 g/mol. The Morgan fingerprint density at radius 2 is 1.63 bits per heavy atom. The maximum atomic E-state index is 12.4. The second-order valence-corrected chi connectivity index (χ2v) is 7.75. The van der Waals surface area contributed by atoms with Crippen molar-refractivity contribution in [3.63, 3.8) is 0 Å². The van der Waals surface area contributed by atoms with Gasteiger partial charge in [0.05, 0.1) is 34.1 Å². The summed E-state index contributed by atoms with van der Waals surface area (Å²) in [5, 5.41) is 9.96. The van der Waals surface area contributed by atoms with Crippen molar-refractivity contribution in [3.8, 4) is 45.4 Å². The van der Waals surface area contributed by atoms with Gasteiger partial charge in [-0.3, -0.25) is 0 Å². The van der Waals surface area contributed by atoms with E-state index >= 15 is 0 Å². The first-order valence-corrected chi connectivity index (χ1v) is 10.9. The first-order chi connectivity index (χ1) is 16.4. The van der Waals surface area contributed by atoms with Gasteiger partial charge in [-0.05, 0) is 35.7 Å². The van der Waals surface area contributed by atoms with Crippen LogP contribution in [0.1, 0.15) is 20.3 Å². The molecule has 35 heavy (non-hydrogen) atoms. The minimum Gasteiger partial charge on any atom is -0.495 e. The number of hydrogen-bond donors (Lipinski definition) is 2. The molecule has 9 nitrogen and oxygen atoms in total. The molecule has 0 radical (unpaired) electrons. The van der Waals surface area contributed by atoms with Gasteiger partial charge >= 0.3 is 6.03 Å². The number of rotatable bonds is 10. The molecule has 0 saturated heterocycles. The van der Waals surface area contributed by atoms with Crippen LogP contribution in [0.3, 0.4) is 0 Å². The minimum absolute atomic E-state index is 0. The predicted octanol–water partition coefficient (Wildman–Crippen LogP) is 5.63. The first kappa shape index (κ1) is 27.7. The molecule has 1 unspecified atom stereocenters. The fraction of sp³-hybridized carbons (Fsp3) is 0.360. The third-order valence-electron chi connectivity index (χ3n) is 5.57.